The Morgan fingerprint density at radius 2 is 1.68 bits per heavy atom. The van der Waals surface area contributed by atoms with Gasteiger partial charge in [-0.05, 0) is 12.1 Å². The Bertz CT molecular complexity index is 703. The molecule has 0 saturated carbocycles. The van der Waals surface area contributed by atoms with Gasteiger partial charge >= 0.3 is 0 Å². The highest BCUT2D eigenvalue weighted by Crippen LogP contribution is 2.26. The summed E-state index contributed by atoms with van der Waals surface area (Å²) >= 11 is 0. The quantitative estimate of drug-likeness (QED) is 0.850. The fraction of sp³-hybridized carbons (Fsp3) is 0.333. The van der Waals surface area contributed by atoms with Gasteiger partial charge in [-0.25, -0.2) is 13.8 Å². The summed E-state index contributed by atoms with van der Waals surface area (Å²) in [6, 6.07) is 3.90. The minimum Gasteiger partial charge on any atom is -0.363 e. The van der Waals surface area contributed by atoms with Crippen molar-refractivity contribution in [3.8, 4) is 6.07 Å². The number of aryl methyl sites for hydroxylation is 1. The summed E-state index contributed by atoms with van der Waals surface area (Å²) in [6.07, 6.45) is 3.59. The molecule has 0 radical (unpaired) electrons. The molecule has 0 spiro atoms. The molecule has 1 aliphatic rings. The summed E-state index contributed by atoms with van der Waals surface area (Å²) in [5, 5.41) is 8.74. The molecule has 7 heteroatoms. The van der Waals surface area contributed by atoms with Crippen LogP contribution in [0.15, 0.2) is 24.5 Å². The van der Waals surface area contributed by atoms with Crippen LogP contribution in [-0.2, 0) is 7.05 Å². The Labute approximate surface area is 127 Å². The van der Waals surface area contributed by atoms with E-state index in [2.05, 4.69) is 9.88 Å². The van der Waals surface area contributed by atoms with Crippen molar-refractivity contribution in [3.05, 3.63) is 41.7 Å². The van der Waals surface area contributed by atoms with E-state index in [1.807, 2.05) is 17.8 Å². The number of nitriles is 1. The SMILES string of the molecule is Cn1ccnc1N1CCN(c2c(F)cc(C#N)cc2F)CC1. The van der Waals surface area contributed by atoms with Crippen LogP contribution in [-0.4, -0.2) is 35.7 Å². The Balaban J connectivity index is 1.77. The molecule has 2 aromatic rings. The number of hydrogen-bond donors (Lipinski definition) is 0. The van der Waals surface area contributed by atoms with Crippen molar-refractivity contribution in [2.45, 2.75) is 0 Å². The largest absolute Gasteiger partial charge is 0.363 e. The van der Waals surface area contributed by atoms with Crippen LogP contribution in [0.2, 0.25) is 0 Å². The van der Waals surface area contributed by atoms with Crippen molar-refractivity contribution in [3.63, 3.8) is 0 Å². The fourth-order valence-corrected chi connectivity index (χ4v) is 2.72. The van der Waals surface area contributed by atoms with Gasteiger partial charge in [-0.2, -0.15) is 5.26 Å². The van der Waals surface area contributed by atoms with Gasteiger partial charge in [0, 0.05) is 45.6 Å². The van der Waals surface area contributed by atoms with E-state index in [9.17, 15) is 8.78 Å². The van der Waals surface area contributed by atoms with Crippen molar-refractivity contribution in [1.29, 1.82) is 5.26 Å². The summed E-state index contributed by atoms with van der Waals surface area (Å²) in [4.78, 5) is 8.03. The lowest BCUT2D eigenvalue weighted by atomic mass is 10.1. The molecule has 2 heterocycles. The third kappa shape index (κ3) is 2.48. The fourth-order valence-electron chi connectivity index (χ4n) is 2.72. The Kier molecular flexibility index (Phi) is 3.67. The van der Waals surface area contributed by atoms with Gasteiger partial charge in [0.1, 0.15) is 5.69 Å². The average Bonchev–Trinajstić information content (AvgIpc) is 2.93. The highest BCUT2D eigenvalue weighted by Gasteiger charge is 2.24. The maximum Gasteiger partial charge on any atom is 0.205 e. The van der Waals surface area contributed by atoms with Gasteiger partial charge in [0.15, 0.2) is 11.6 Å². The molecule has 0 atom stereocenters. The number of benzene rings is 1. The molecule has 0 N–H and O–H groups in total. The summed E-state index contributed by atoms with van der Waals surface area (Å²) in [7, 11) is 1.91. The van der Waals surface area contributed by atoms with Crippen molar-refractivity contribution in [1.82, 2.24) is 9.55 Å². The maximum atomic E-state index is 14.1. The summed E-state index contributed by atoms with van der Waals surface area (Å²) in [5.74, 6) is -0.538. The van der Waals surface area contributed by atoms with Crippen LogP contribution in [0.5, 0.6) is 0 Å². The van der Waals surface area contributed by atoms with Crippen LogP contribution in [0.25, 0.3) is 0 Å². The van der Waals surface area contributed by atoms with E-state index < -0.39 is 11.6 Å². The molecule has 1 aromatic heterocycles. The number of halogens is 2. The van der Waals surface area contributed by atoms with E-state index in [0.29, 0.717) is 26.2 Å². The highest BCUT2D eigenvalue weighted by molar-refractivity contribution is 5.54. The first kappa shape index (κ1) is 14.3. The van der Waals surface area contributed by atoms with Crippen molar-refractivity contribution < 1.29 is 8.78 Å². The molecule has 0 unspecified atom stereocenters. The summed E-state index contributed by atoms with van der Waals surface area (Å²) in [6.45, 7) is 2.24. The zero-order valence-electron chi connectivity index (χ0n) is 12.1. The second-order valence-electron chi connectivity index (χ2n) is 5.21. The number of nitrogens with zero attached hydrogens (tertiary/aromatic N) is 5. The Morgan fingerprint density at radius 1 is 1.09 bits per heavy atom. The standard InChI is InChI=1S/C15H15F2N5/c1-20-3-2-19-15(20)22-6-4-21(5-7-22)14-12(16)8-11(10-18)9-13(14)17/h2-3,8-9H,4-7H2,1H3. The van der Waals surface area contributed by atoms with Crippen LogP contribution in [0, 0.1) is 23.0 Å². The van der Waals surface area contributed by atoms with Crippen LogP contribution in [0.1, 0.15) is 5.56 Å². The van der Waals surface area contributed by atoms with Crippen LogP contribution < -0.4 is 9.80 Å². The molecule has 1 saturated heterocycles. The number of piperazine rings is 1. The van der Waals surface area contributed by atoms with Crippen molar-refractivity contribution in [2.24, 2.45) is 7.05 Å². The second kappa shape index (κ2) is 5.64. The number of aromatic nitrogens is 2. The van der Waals surface area contributed by atoms with Crippen LogP contribution in [0.4, 0.5) is 20.4 Å². The minimum absolute atomic E-state index is 0.00889. The van der Waals surface area contributed by atoms with Gasteiger partial charge in [-0.3, -0.25) is 0 Å². The van der Waals surface area contributed by atoms with Gasteiger partial charge in [0.25, 0.3) is 0 Å². The topological polar surface area (TPSA) is 48.1 Å². The monoisotopic (exact) mass is 303 g/mol. The minimum atomic E-state index is -0.693. The normalized spacial score (nSPS) is 15.0. The molecule has 1 aromatic carbocycles. The lowest BCUT2D eigenvalue weighted by Crippen LogP contribution is -2.47. The van der Waals surface area contributed by atoms with Gasteiger partial charge in [-0.15, -0.1) is 0 Å². The molecule has 0 aliphatic carbocycles. The highest BCUT2D eigenvalue weighted by atomic mass is 19.1. The van der Waals surface area contributed by atoms with Gasteiger partial charge in [0.2, 0.25) is 5.95 Å². The lowest BCUT2D eigenvalue weighted by Gasteiger charge is -2.36. The molecule has 114 valence electrons. The van der Waals surface area contributed by atoms with E-state index in [4.69, 9.17) is 5.26 Å². The average molecular weight is 303 g/mol. The molecule has 3 rings (SSSR count). The van der Waals surface area contributed by atoms with E-state index >= 15 is 0 Å². The van der Waals surface area contributed by atoms with E-state index in [1.165, 1.54) is 0 Å². The molecule has 1 fully saturated rings. The first-order valence-electron chi connectivity index (χ1n) is 6.96. The van der Waals surface area contributed by atoms with Crippen LogP contribution in [0.3, 0.4) is 0 Å². The predicted molar refractivity (Wildman–Crippen MR) is 78.7 cm³/mol. The zero-order chi connectivity index (χ0) is 15.7. The van der Waals surface area contributed by atoms with Gasteiger partial charge in [-0.1, -0.05) is 0 Å². The van der Waals surface area contributed by atoms with Crippen molar-refractivity contribution in [2.75, 3.05) is 36.0 Å². The van der Waals surface area contributed by atoms with Gasteiger partial charge in [0.05, 0.1) is 11.6 Å². The molecule has 5 nitrogen and oxygen atoms in total. The first-order chi connectivity index (χ1) is 10.6. The molecule has 0 bridgehead atoms. The maximum absolute atomic E-state index is 14.1. The zero-order valence-corrected chi connectivity index (χ0v) is 12.1. The summed E-state index contributed by atoms with van der Waals surface area (Å²) < 4.78 is 30.0. The number of anilines is 2. The van der Waals surface area contributed by atoms with Crippen LogP contribution >= 0.6 is 0 Å². The van der Waals surface area contributed by atoms with E-state index in [0.717, 1.165) is 18.1 Å². The summed E-state index contributed by atoms with van der Waals surface area (Å²) in [5.41, 5.74) is -0.0658. The first-order valence-corrected chi connectivity index (χ1v) is 6.96. The van der Waals surface area contributed by atoms with Gasteiger partial charge < -0.3 is 14.4 Å². The lowest BCUT2D eigenvalue weighted by molar-refractivity contribution is 0.552. The molecule has 22 heavy (non-hydrogen) atoms. The molecule has 0 amide bonds. The Hall–Kier alpha value is -2.62. The predicted octanol–water partition coefficient (Wildman–Crippen LogP) is 1.90. The molecule has 1 aliphatic heterocycles. The molecular weight excluding hydrogens is 288 g/mol. The second-order valence-corrected chi connectivity index (χ2v) is 5.21. The molecular formula is C15H15F2N5. The Morgan fingerprint density at radius 3 is 2.18 bits per heavy atom. The number of rotatable bonds is 2. The third-order valence-corrected chi connectivity index (χ3v) is 3.82. The number of hydrogen-bond acceptors (Lipinski definition) is 4. The smallest absolute Gasteiger partial charge is 0.205 e. The number of imidazole rings is 1. The van der Waals surface area contributed by atoms with Crippen molar-refractivity contribution >= 4 is 11.6 Å². The van der Waals surface area contributed by atoms with E-state index in [-0.39, 0.29) is 11.3 Å². The van der Waals surface area contributed by atoms with E-state index in [1.54, 1.807) is 17.2 Å². The third-order valence-electron chi connectivity index (χ3n) is 3.82.